The van der Waals surface area contributed by atoms with Gasteiger partial charge in [-0.15, -0.1) is 0 Å². The predicted octanol–water partition coefficient (Wildman–Crippen LogP) is 1.52. The average molecular weight is 412 g/mol. The van der Waals surface area contributed by atoms with Gasteiger partial charge in [0.05, 0.1) is 41.4 Å². The zero-order chi connectivity index (χ0) is 19.0. The van der Waals surface area contributed by atoms with Gasteiger partial charge in [0.25, 0.3) is 0 Å². The van der Waals surface area contributed by atoms with Gasteiger partial charge in [0.1, 0.15) is 17.3 Å². The first kappa shape index (κ1) is 18.4. The first-order chi connectivity index (χ1) is 12.9. The van der Waals surface area contributed by atoms with Crippen molar-refractivity contribution in [1.82, 2.24) is 9.97 Å². The third kappa shape index (κ3) is 3.73. The molecule has 4 rings (SSSR count). The van der Waals surface area contributed by atoms with Gasteiger partial charge in [0.15, 0.2) is 9.84 Å². The monoisotopic (exact) mass is 411 g/mol. The van der Waals surface area contributed by atoms with Gasteiger partial charge in [-0.05, 0) is 24.6 Å². The maximum atomic E-state index is 12.3. The number of nitrogens with zero attached hydrogens (tertiary/aromatic N) is 2. The summed E-state index contributed by atoms with van der Waals surface area (Å²) < 4.78 is 35.3. The van der Waals surface area contributed by atoms with E-state index in [0.717, 1.165) is 0 Å². The van der Waals surface area contributed by atoms with Crippen LogP contribution in [0, 0.1) is 0 Å². The van der Waals surface area contributed by atoms with Gasteiger partial charge in [-0.25, -0.2) is 18.4 Å². The van der Waals surface area contributed by atoms with Crippen LogP contribution in [0.15, 0.2) is 29.3 Å². The zero-order valence-corrected chi connectivity index (χ0v) is 15.8. The van der Waals surface area contributed by atoms with Crippen LogP contribution in [0.25, 0.3) is 11.3 Å². The summed E-state index contributed by atoms with van der Waals surface area (Å²) >= 11 is 6.25. The fourth-order valence-electron chi connectivity index (χ4n) is 3.09. The number of nitrogens with one attached hydrogen (secondary N) is 1. The number of halogens is 1. The smallest absolute Gasteiger partial charge is 0.223 e. The van der Waals surface area contributed by atoms with Gasteiger partial charge in [0.2, 0.25) is 5.95 Å². The first-order valence-corrected chi connectivity index (χ1v) is 10.5. The molecule has 0 amide bonds. The molecule has 1 saturated heterocycles. The van der Waals surface area contributed by atoms with Gasteiger partial charge < -0.3 is 19.9 Å². The minimum atomic E-state index is -3.40. The molecule has 2 aliphatic heterocycles. The summed E-state index contributed by atoms with van der Waals surface area (Å²) in [7, 11) is -3.40. The Morgan fingerprint density at radius 3 is 2.96 bits per heavy atom. The molecule has 27 heavy (non-hydrogen) atoms. The molecule has 2 aliphatic rings. The lowest BCUT2D eigenvalue weighted by molar-refractivity contribution is -0.0136. The van der Waals surface area contributed by atoms with Crippen molar-refractivity contribution in [1.29, 1.82) is 0 Å². The van der Waals surface area contributed by atoms with Gasteiger partial charge in [-0.3, -0.25) is 0 Å². The van der Waals surface area contributed by atoms with Crippen LogP contribution in [0.3, 0.4) is 0 Å². The van der Waals surface area contributed by atoms with E-state index in [1.807, 2.05) is 0 Å². The largest absolute Gasteiger partial charge is 0.491 e. The summed E-state index contributed by atoms with van der Waals surface area (Å²) in [5.41, 5.74) is 0.949. The molecule has 3 heterocycles. The Hall–Kier alpha value is -1.94. The fourth-order valence-corrected chi connectivity index (χ4v) is 4.55. The van der Waals surface area contributed by atoms with E-state index in [1.165, 1.54) is 12.3 Å². The lowest BCUT2D eigenvalue weighted by Crippen LogP contribution is -2.42. The number of aliphatic hydroxyl groups is 1. The van der Waals surface area contributed by atoms with Crippen molar-refractivity contribution in [2.75, 3.05) is 30.9 Å². The molecule has 0 unspecified atom stereocenters. The van der Waals surface area contributed by atoms with Crippen molar-refractivity contribution in [3.05, 3.63) is 29.4 Å². The van der Waals surface area contributed by atoms with Gasteiger partial charge in [0, 0.05) is 12.2 Å². The molecule has 8 nitrogen and oxygen atoms in total. The summed E-state index contributed by atoms with van der Waals surface area (Å²) in [5, 5.41) is 13.4. The van der Waals surface area contributed by atoms with Gasteiger partial charge in [-0.2, -0.15) is 0 Å². The zero-order valence-electron chi connectivity index (χ0n) is 14.3. The number of aromatic nitrogens is 2. The predicted molar refractivity (Wildman–Crippen MR) is 98.9 cm³/mol. The van der Waals surface area contributed by atoms with Gasteiger partial charge >= 0.3 is 0 Å². The molecule has 0 saturated carbocycles. The molecule has 2 N–H and O–H groups in total. The topological polar surface area (TPSA) is 111 Å². The van der Waals surface area contributed by atoms with Crippen LogP contribution in [-0.4, -0.2) is 61.2 Å². The summed E-state index contributed by atoms with van der Waals surface area (Å²) in [6.07, 6.45) is 1.41. The van der Waals surface area contributed by atoms with Crippen molar-refractivity contribution in [3.63, 3.8) is 0 Å². The molecule has 2 aromatic rings. The van der Waals surface area contributed by atoms with E-state index in [9.17, 15) is 13.5 Å². The lowest BCUT2D eigenvalue weighted by atomic mass is 10.1. The quantitative estimate of drug-likeness (QED) is 0.782. The van der Waals surface area contributed by atoms with Crippen molar-refractivity contribution < 1.29 is 23.0 Å². The third-order valence-corrected chi connectivity index (χ3v) is 6.52. The maximum absolute atomic E-state index is 12.3. The SMILES string of the molecule is O=S1(=O)CCOc2ccc(-c3nc(N[C@@H]4CCOC[C@H]4O)ncc3Cl)cc21. The number of hydrogen-bond acceptors (Lipinski definition) is 8. The Balaban J connectivity index is 1.68. The van der Waals surface area contributed by atoms with Crippen molar-refractivity contribution in [2.24, 2.45) is 0 Å². The molecule has 1 aromatic carbocycles. The molecule has 0 spiro atoms. The van der Waals surface area contributed by atoms with Crippen molar-refractivity contribution >= 4 is 27.4 Å². The molecular weight excluding hydrogens is 394 g/mol. The van der Waals surface area contributed by atoms with Crippen LogP contribution < -0.4 is 10.1 Å². The Morgan fingerprint density at radius 2 is 2.15 bits per heavy atom. The number of hydrogen-bond donors (Lipinski definition) is 2. The number of fused-ring (bicyclic) bond motifs is 1. The second kappa shape index (κ2) is 7.23. The molecule has 1 fully saturated rings. The highest BCUT2D eigenvalue weighted by Gasteiger charge is 2.27. The normalized spacial score (nSPS) is 23.9. The Bertz CT molecular complexity index is 969. The van der Waals surface area contributed by atoms with Crippen LogP contribution in [0.4, 0.5) is 5.95 Å². The summed E-state index contributed by atoms with van der Waals surface area (Å²) in [6.45, 7) is 0.934. The van der Waals surface area contributed by atoms with E-state index >= 15 is 0 Å². The molecule has 0 aliphatic carbocycles. The van der Waals surface area contributed by atoms with Crippen LogP contribution >= 0.6 is 11.6 Å². The number of rotatable bonds is 3. The summed E-state index contributed by atoms with van der Waals surface area (Å²) in [6, 6.07) is 4.60. The molecular formula is C17H18ClN3O5S. The highest BCUT2D eigenvalue weighted by atomic mass is 35.5. The Kier molecular flexibility index (Phi) is 4.94. The Morgan fingerprint density at radius 1 is 1.30 bits per heavy atom. The van der Waals surface area contributed by atoms with E-state index in [4.69, 9.17) is 21.1 Å². The summed E-state index contributed by atoms with van der Waals surface area (Å²) in [4.78, 5) is 8.72. The third-order valence-electron chi connectivity index (χ3n) is 4.55. The minimum Gasteiger partial charge on any atom is -0.491 e. The maximum Gasteiger partial charge on any atom is 0.223 e. The fraction of sp³-hybridized carbons (Fsp3) is 0.412. The minimum absolute atomic E-state index is 0.0601. The first-order valence-electron chi connectivity index (χ1n) is 8.49. The van der Waals surface area contributed by atoms with E-state index < -0.39 is 15.9 Å². The van der Waals surface area contributed by atoms with Crippen LogP contribution in [-0.2, 0) is 14.6 Å². The second-order valence-corrected chi connectivity index (χ2v) is 8.89. The standard InChI is InChI=1S/C17H18ClN3O5S/c18-11-8-19-17(20-12-3-4-25-9-13(12)22)21-16(11)10-1-2-14-15(7-10)27(23,24)6-5-26-14/h1-2,7-8,12-13,22H,3-6,9H2,(H,19,20,21)/t12-,13-/m1/s1. The number of benzene rings is 1. The second-order valence-electron chi connectivity index (χ2n) is 6.40. The highest BCUT2D eigenvalue weighted by molar-refractivity contribution is 7.91. The molecule has 0 radical (unpaired) electrons. The molecule has 1 aromatic heterocycles. The summed E-state index contributed by atoms with van der Waals surface area (Å²) in [5.74, 6) is 0.575. The van der Waals surface area contributed by atoms with Crippen molar-refractivity contribution in [3.8, 4) is 17.0 Å². The van der Waals surface area contributed by atoms with Crippen LogP contribution in [0.1, 0.15) is 6.42 Å². The molecule has 144 valence electrons. The number of sulfone groups is 1. The Labute approximate surface area is 161 Å². The molecule has 2 atom stereocenters. The van der Waals surface area contributed by atoms with E-state index in [-0.39, 0.29) is 29.9 Å². The average Bonchev–Trinajstić information content (AvgIpc) is 2.65. The van der Waals surface area contributed by atoms with Crippen LogP contribution in [0.5, 0.6) is 5.75 Å². The lowest BCUT2D eigenvalue weighted by Gasteiger charge is -2.28. The van der Waals surface area contributed by atoms with E-state index in [0.29, 0.717) is 41.0 Å². The highest BCUT2D eigenvalue weighted by Crippen LogP contribution is 2.35. The van der Waals surface area contributed by atoms with E-state index in [2.05, 4.69) is 15.3 Å². The van der Waals surface area contributed by atoms with Gasteiger partial charge in [-0.1, -0.05) is 11.6 Å². The van der Waals surface area contributed by atoms with Crippen LogP contribution in [0.2, 0.25) is 5.02 Å². The van der Waals surface area contributed by atoms with E-state index in [1.54, 1.807) is 12.1 Å². The molecule has 0 bridgehead atoms. The number of aliphatic hydroxyl groups excluding tert-OH is 1. The number of ether oxygens (including phenoxy) is 2. The number of anilines is 1. The van der Waals surface area contributed by atoms with Crippen molar-refractivity contribution in [2.45, 2.75) is 23.5 Å². The molecule has 10 heteroatoms.